The molecular weight excluding hydrogens is 318 g/mol. The minimum atomic E-state index is -3.42. The number of sulfone groups is 1. The Hall–Kier alpha value is -2.22. The molecule has 2 aromatic rings. The van der Waals surface area contributed by atoms with E-state index in [0.29, 0.717) is 5.56 Å². The fraction of sp³-hybridized carbons (Fsp3) is 0.400. The largest absolute Gasteiger partial charge is 0.403 e. The third-order valence-corrected chi connectivity index (χ3v) is 5.05. The molecule has 0 saturated heterocycles. The zero-order valence-corrected chi connectivity index (χ0v) is 13.5. The predicted octanol–water partition coefficient (Wildman–Crippen LogP) is 2.27. The average molecular weight is 335 g/mol. The van der Waals surface area contributed by atoms with E-state index in [0.717, 1.165) is 31.9 Å². The molecule has 1 aromatic carbocycles. The van der Waals surface area contributed by atoms with Crippen LogP contribution >= 0.6 is 0 Å². The molecular formula is C15H17N3O4S. The molecule has 1 aliphatic carbocycles. The third kappa shape index (κ3) is 3.42. The van der Waals surface area contributed by atoms with E-state index in [1.54, 1.807) is 18.2 Å². The van der Waals surface area contributed by atoms with E-state index < -0.39 is 9.84 Å². The highest BCUT2D eigenvalue weighted by Gasteiger charge is 2.25. The van der Waals surface area contributed by atoms with Gasteiger partial charge in [-0.15, -0.1) is 5.10 Å². The van der Waals surface area contributed by atoms with Crippen molar-refractivity contribution in [3.05, 3.63) is 24.3 Å². The van der Waals surface area contributed by atoms with Crippen molar-refractivity contribution in [3.8, 4) is 11.5 Å². The molecule has 1 heterocycles. The van der Waals surface area contributed by atoms with E-state index >= 15 is 0 Å². The molecule has 0 radical (unpaired) electrons. The number of rotatable bonds is 4. The Morgan fingerprint density at radius 3 is 2.61 bits per heavy atom. The lowest BCUT2D eigenvalue weighted by molar-refractivity contribution is -0.119. The van der Waals surface area contributed by atoms with Crippen molar-refractivity contribution in [3.63, 3.8) is 0 Å². The van der Waals surface area contributed by atoms with Crippen LogP contribution in [0.5, 0.6) is 0 Å². The number of hydrogen-bond acceptors (Lipinski definition) is 6. The number of anilines is 1. The average Bonchev–Trinajstić information content (AvgIpc) is 3.18. The molecule has 0 atom stereocenters. The second kappa shape index (κ2) is 6.11. The molecule has 1 amide bonds. The molecule has 1 aliphatic rings. The van der Waals surface area contributed by atoms with Gasteiger partial charge in [-0.2, -0.15) is 0 Å². The monoisotopic (exact) mass is 335 g/mol. The van der Waals surface area contributed by atoms with E-state index in [2.05, 4.69) is 15.5 Å². The number of carbonyl (C=O) groups is 1. The highest BCUT2D eigenvalue weighted by Crippen LogP contribution is 2.28. The summed E-state index contributed by atoms with van der Waals surface area (Å²) in [5.41, 5.74) is 0.323. The Balaban J connectivity index is 1.84. The van der Waals surface area contributed by atoms with Crippen molar-refractivity contribution in [2.75, 3.05) is 11.6 Å². The van der Waals surface area contributed by atoms with Crippen LogP contribution in [0.25, 0.3) is 11.5 Å². The number of benzene rings is 1. The minimum Gasteiger partial charge on any atom is -0.403 e. The van der Waals surface area contributed by atoms with Crippen LogP contribution in [0.15, 0.2) is 33.6 Å². The van der Waals surface area contributed by atoms with Crippen molar-refractivity contribution in [1.82, 2.24) is 10.2 Å². The smallest absolute Gasteiger partial charge is 0.322 e. The zero-order valence-electron chi connectivity index (χ0n) is 12.7. The Bertz CT molecular complexity index is 823. The van der Waals surface area contributed by atoms with Gasteiger partial charge >= 0.3 is 6.01 Å². The highest BCUT2D eigenvalue weighted by molar-refractivity contribution is 7.90. The molecule has 0 aliphatic heterocycles. The lowest BCUT2D eigenvalue weighted by atomic mass is 10.1. The summed E-state index contributed by atoms with van der Waals surface area (Å²) in [4.78, 5) is 12.2. The Morgan fingerprint density at radius 1 is 1.22 bits per heavy atom. The summed E-state index contributed by atoms with van der Waals surface area (Å²) in [6.45, 7) is 0. The second-order valence-electron chi connectivity index (χ2n) is 5.65. The Morgan fingerprint density at radius 2 is 1.91 bits per heavy atom. The number of amides is 1. The van der Waals surface area contributed by atoms with Gasteiger partial charge in [-0.05, 0) is 25.0 Å². The SMILES string of the molecule is CS(=O)(=O)c1ccccc1-c1nnc(NC(=O)C2CCCC2)o1. The number of nitrogens with one attached hydrogen (secondary N) is 1. The van der Waals surface area contributed by atoms with E-state index in [9.17, 15) is 13.2 Å². The molecule has 3 rings (SSSR count). The van der Waals surface area contributed by atoms with Crippen molar-refractivity contribution in [1.29, 1.82) is 0 Å². The van der Waals surface area contributed by atoms with Gasteiger partial charge in [0, 0.05) is 12.2 Å². The molecule has 122 valence electrons. The van der Waals surface area contributed by atoms with Gasteiger partial charge in [0.1, 0.15) is 0 Å². The first kappa shape index (κ1) is 15.7. The van der Waals surface area contributed by atoms with Crippen LogP contribution < -0.4 is 5.32 Å². The van der Waals surface area contributed by atoms with Crippen LogP contribution in [0.4, 0.5) is 6.01 Å². The number of carbonyl (C=O) groups excluding carboxylic acids is 1. The summed E-state index contributed by atoms with van der Waals surface area (Å²) in [7, 11) is -3.42. The first-order valence-electron chi connectivity index (χ1n) is 7.39. The molecule has 8 heteroatoms. The zero-order chi connectivity index (χ0) is 16.4. The Labute approximate surface area is 134 Å². The van der Waals surface area contributed by atoms with Crippen molar-refractivity contribution in [2.45, 2.75) is 30.6 Å². The quantitative estimate of drug-likeness (QED) is 0.919. The van der Waals surface area contributed by atoms with Gasteiger partial charge in [0.25, 0.3) is 5.89 Å². The normalized spacial score (nSPS) is 15.7. The van der Waals surface area contributed by atoms with Gasteiger partial charge in [0.2, 0.25) is 5.91 Å². The van der Waals surface area contributed by atoms with Crippen LogP contribution in [-0.4, -0.2) is 30.8 Å². The predicted molar refractivity (Wildman–Crippen MR) is 83.4 cm³/mol. The number of hydrogen-bond donors (Lipinski definition) is 1. The number of nitrogens with zero attached hydrogens (tertiary/aromatic N) is 2. The lowest BCUT2D eigenvalue weighted by Crippen LogP contribution is -2.20. The number of aromatic nitrogens is 2. The van der Waals surface area contributed by atoms with E-state index in [4.69, 9.17) is 4.42 Å². The fourth-order valence-electron chi connectivity index (χ4n) is 2.74. The molecule has 1 fully saturated rings. The molecule has 0 unspecified atom stereocenters. The summed E-state index contributed by atoms with van der Waals surface area (Å²) in [6, 6.07) is 6.36. The van der Waals surface area contributed by atoms with Crippen molar-refractivity contribution >= 4 is 21.8 Å². The topological polar surface area (TPSA) is 102 Å². The van der Waals surface area contributed by atoms with Gasteiger partial charge < -0.3 is 4.42 Å². The van der Waals surface area contributed by atoms with Crippen LogP contribution in [0, 0.1) is 5.92 Å². The summed E-state index contributed by atoms with van der Waals surface area (Å²) < 4.78 is 29.1. The molecule has 0 spiro atoms. The van der Waals surface area contributed by atoms with Crippen molar-refractivity contribution in [2.24, 2.45) is 5.92 Å². The Kier molecular flexibility index (Phi) is 4.16. The van der Waals surface area contributed by atoms with Gasteiger partial charge in [0.15, 0.2) is 9.84 Å². The molecule has 23 heavy (non-hydrogen) atoms. The van der Waals surface area contributed by atoms with Gasteiger partial charge in [-0.3, -0.25) is 10.1 Å². The third-order valence-electron chi connectivity index (χ3n) is 3.90. The molecule has 1 saturated carbocycles. The summed E-state index contributed by atoms with van der Waals surface area (Å²) in [6.07, 6.45) is 4.95. The van der Waals surface area contributed by atoms with Gasteiger partial charge in [-0.1, -0.05) is 30.1 Å². The van der Waals surface area contributed by atoms with Gasteiger partial charge in [0.05, 0.1) is 10.5 Å². The summed E-state index contributed by atoms with van der Waals surface area (Å²) in [5.74, 6) is -0.0875. The van der Waals surface area contributed by atoms with Crippen molar-refractivity contribution < 1.29 is 17.6 Å². The van der Waals surface area contributed by atoms with E-state index in [1.807, 2.05) is 0 Å². The summed E-state index contributed by atoms with van der Waals surface area (Å²) >= 11 is 0. The van der Waals surface area contributed by atoms with E-state index in [1.165, 1.54) is 6.07 Å². The van der Waals surface area contributed by atoms with E-state index in [-0.39, 0.29) is 28.6 Å². The first-order chi connectivity index (χ1) is 10.9. The lowest BCUT2D eigenvalue weighted by Gasteiger charge is -2.06. The maximum Gasteiger partial charge on any atom is 0.322 e. The maximum atomic E-state index is 12.1. The van der Waals surface area contributed by atoms with Gasteiger partial charge in [-0.25, -0.2) is 8.42 Å². The second-order valence-corrected chi connectivity index (χ2v) is 7.64. The van der Waals surface area contributed by atoms with Crippen LogP contribution in [0.3, 0.4) is 0 Å². The van der Waals surface area contributed by atoms with Crippen LogP contribution in [0.1, 0.15) is 25.7 Å². The fourth-order valence-corrected chi connectivity index (χ4v) is 3.63. The van der Waals surface area contributed by atoms with Crippen LogP contribution in [0.2, 0.25) is 0 Å². The first-order valence-corrected chi connectivity index (χ1v) is 9.28. The summed E-state index contributed by atoms with van der Waals surface area (Å²) in [5, 5.41) is 10.2. The standard InChI is InChI=1S/C15H17N3O4S/c1-23(20,21)12-9-5-4-8-11(12)14-17-18-15(22-14)16-13(19)10-6-2-3-7-10/h4-5,8-10H,2-3,6-7H2,1H3,(H,16,18,19). The van der Waals surface area contributed by atoms with Crippen LogP contribution in [-0.2, 0) is 14.6 Å². The maximum absolute atomic E-state index is 12.1. The highest BCUT2D eigenvalue weighted by atomic mass is 32.2. The molecule has 0 bridgehead atoms. The minimum absolute atomic E-state index is 0.0137. The molecule has 1 aromatic heterocycles. The molecule has 1 N–H and O–H groups in total. The molecule has 7 nitrogen and oxygen atoms in total.